The molecule has 1 aliphatic carbocycles. The highest BCUT2D eigenvalue weighted by Crippen LogP contribution is 2.61. The number of esters is 1. The molecule has 134 valence electrons. The summed E-state index contributed by atoms with van der Waals surface area (Å²) in [4.78, 5) is 24.0. The summed E-state index contributed by atoms with van der Waals surface area (Å²) >= 11 is 0. The van der Waals surface area contributed by atoms with Gasteiger partial charge in [-0.15, -0.1) is 0 Å². The van der Waals surface area contributed by atoms with E-state index in [1.165, 1.54) is 19.6 Å². The second-order valence-corrected chi connectivity index (χ2v) is 6.55. The standard InChI is InChI=1S/C17H19NO7/c1-17-12(25-17)6-10-11(14(19)22-7-9-4-3-5-21-9)8-23-15(13(10)17)24-16(20)18-2/h3-5,8,10,12-13,15H,6-7H2,1-2H3,(H,18,20)/t10-,12+,13-,15+,17+/m1/s1. The number of hydrogen-bond donors (Lipinski definition) is 1. The van der Waals surface area contributed by atoms with E-state index >= 15 is 0 Å². The van der Waals surface area contributed by atoms with Crippen LogP contribution in [-0.4, -0.2) is 37.1 Å². The summed E-state index contributed by atoms with van der Waals surface area (Å²) in [6.45, 7) is 2.00. The van der Waals surface area contributed by atoms with Crippen molar-refractivity contribution in [1.29, 1.82) is 0 Å². The number of furan rings is 1. The SMILES string of the molecule is CNC(=O)O[C@@H]1OC=C(C(=O)OCc2ccco2)[C@H]2C[C@@H]3O[C@]3(C)[C@@H]12. The average molecular weight is 349 g/mol. The topological polar surface area (TPSA) is 99.5 Å². The van der Waals surface area contributed by atoms with E-state index in [1.54, 1.807) is 12.1 Å². The number of rotatable bonds is 4. The number of carbonyl (C=O) groups is 2. The number of amides is 1. The maximum Gasteiger partial charge on any atom is 0.409 e. The lowest BCUT2D eigenvalue weighted by Crippen LogP contribution is -2.44. The quantitative estimate of drug-likeness (QED) is 0.652. The molecule has 0 spiro atoms. The van der Waals surface area contributed by atoms with Crippen LogP contribution in [-0.2, 0) is 30.3 Å². The van der Waals surface area contributed by atoms with Gasteiger partial charge in [-0.05, 0) is 25.5 Å². The molecule has 1 amide bonds. The molecule has 4 rings (SSSR count). The molecule has 1 saturated carbocycles. The summed E-state index contributed by atoms with van der Waals surface area (Å²) < 4.78 is 27.0. The molecule has 0 unspecified atom stereocenters. The minimum Gasteiger partial charge on any atom is -0.466 e. The van der Waals surface area contributed by atoms with Gasteiger partial charge in [0.25, 0.3) is 6.29 Å². The molecule has 5 atom stereocenters. The number of epoxide rings is 1. The zero-order valence-electron chi connectivity index (χ0n) is 13.9. The molecule has 1 saturated heterocycles. The van der Waals surface area contributed by atoms with Gasteiger partial charge in [-0.2, -0.15) is 0 Å². The fourth-order valence-electron chi connectivity index (χ4n) is 3.80. The van der Waals surface area contributed by atoms with Gasteiger partial charge in [-0.1, -0.05) is 0 Å². The Hall–Kier alpha value is -2.48. The number of ether oxygens (including phenoxy) is 4. The van der Waals surface area contributed by atoms with E-state index in [4.69, 9.17) is 23.4 Å². The molecular weight excluding hydrogens is 330 g/mol. The lowest BCUT2D eigenvalue weighted by atomic mass is 9.82. The Morgan fingerprint density at radius 1 is 1.44 bits per heavy atom. The van der Waals surface area contributed by atoms with Gasteiger partial charge in [0.15, 0.2) is 0 Å². The van der Waals surface area contributed by atoms with Crippen molar-refractivity contribution in [3.63, 3.8) is 0 Å². The first-order valence-corrected chi connectivity index (χ1v) is 8.14. The fraction of sp³-hybridized carbons (Fsp3) is 0.529. The van der Waals surface area contributed by atoms with Gasteiger partial charge in [0.2, 0.25) is 0 Å². The van der Waals surface area contributed by atoms with E-state index in [9.17, 15) is 9.59 Å². The summed E-state index contributed by atoms with van der Waals surface area (Å²) in [5.41, 5.74) is -0.0187. The van der Waals surface area contributed by atoms with Gasteiger partial charge < -0.3 is 28.7 Å². The van der Waals surface area contributed by atoms with Crippen molar-refractivity contribution < 1.29 is 33.0 Å². The number of alkyl carbamates (subject to hydrolysis) is 1. The van der Waals surface area contributed by atoms with Gasteiger partial charge in [-0.3, -0.25) is 0 Å². The third-order valence-corrected chi connectivity index (χ3v) is 5.15. The third kappa shape index (κ3) is 2.66. The monoisotopic (exact) mass is 349 g/mol. The van der Waals surface area contributed by atoms with Crippen LogP contribution in [0.3, 0.4) is 0 Å². The zero-order valence-corrected chi connectivity index (χ0v) is 13.9. The van der Waals surface area contributed by atoms with Crippen LogP contribution in [0.5, 0.6) is 0 Å². The molecule has 1 aromatic rings. The number of hydrogen-bond acceptors (Lipinski definition) is 7. The molecule has 2 aliphatic heterocycles. The summed E-state index contributed by atoms with van der Waals surface area (Å²) in [6, 6.07) is 3.46. The van der Waals surface area contributed by atoms with E-state index < -0.39 is 24.0 Å². The Labute approximate surface area is 144 Å². The van der Waals surface area contributed by atoms with Crippen LogP contribution in [0, 0.1) is 11.8 Å². The van der Waals surface area contributed by atoms with Crippen LogP contribution in [0.2, 0.25) is 0 Å². The molecule has 8 heteroatoms. The lowest BCUT2D eigenvalue weighted by Gasteiger charge is -2.35. The summed E-state index contributed by atoms with van der Waals surface area (Å²) in [5.74, 6) is -0.301. The summed E-state index contributed by atoms with van der Waals surface area (Å²) in [7, 11) is 1.47. The first-order valence-electron chi connectivity index (χ1n) is 8.14. The van der Waals surface area contributed by atoms with E-state index in [-0.39, 0.29) is 24.5 Å². The van der Waals surface area contributed by atoms with Crippen molar-refractivity contribution in [2.75, 3.05) is 7.05 Å². The molecule has 25 heavy (non-hydrogen) atoms. The second kappa shape index (κ2) is 5.80. The predicted octanol–water partition coefficient (Wildman–Crippen LogP) is 1.71. The molecule has 2 fully saturated rings. The number of fused-ring (bicyclic) bond motifs is 3. The van der Waals surface area contributed by atoms with E-state index in [0.29, 0.717) is 17.8 Å². The highest BCUT2D eigenvalue weighted by Gasteiger charge is 2.71. The molecule has 0 aromatic carbocycles. The van der Waals surface area contributed by atoms with Crippen molar-refractivity contribution >= 4 is 12.1 Å². The van der Waals surface area contributed by atoms with E-state index in [1.807, 2.05) is 6.92 Å². The largest absolute Gasteiger partial charge is 0.466 e. The van der Waals surface area contributed by atoms with Gasteiger partial charge in [0.05, 0.1) is 30.1 Å². The van der Waals surface area contributed by atoms with Crippen LogP contribution in [0.1, 0.15) is 19.1 Å². The van der Waals surface area contributed by atoms with Crippen molar-refractivity contribution in [3.8, 4) is 0 Å². The highest BCUT2D eigenvalue weighted by atomic mass is 16.7. The lowest BCUT2D eigenvalue weighted by molar-refractivity contribution is -0.153. The van der Waals surface area contributed by atoms with Gasteiger partial charge in [0, 0.05) is 13.0 Å². The van der Waals surface area contributed by atoms with Crippen molar-refractivity contribution in [2.24, 2.45) is 11.8 Å². The molecule has 8 nitrogen and oxygen atoms in total. The highest BCUT2D eigenvalue weighted by molar-refractivity contribution is 5.89. The van der Waals surface area contributed by atoms with Crippen LogP contribution < -0.4 is 5.32 Å². The van der Waals surface area contributed by atoms with Crippen molar-refractivity contribution in [1.82, 2.24) is 5.32 Å². The van der Waals surface area contributed by atoms with E-state index in [0.717, 1.165) is 0 Å². The minimum absolute atomic E-state index is 0.0289. The molecule has 1 N–H and O–H groups in total. The van der Waals surface area contributed by atoms with Gasteiger partial charge in [-0.25, -0.2) is 9.59 Å². The average Bonchev–Trinajstić information content (AvgIpc) is 2.97. The normalized spacial score (nSPS) is 34.9. The summed E-state index contributed by atoms with van der Waals surface area (Å²) in [5, 5.41) is 2.40. The molecule has 0 bridgehead atoms. The predicted molar refractivity (Wildman–Crippen MR) is 81.9 cm³/mol. The van der Waals surface area contributed by atoms with Crippen LogP contribution >= 0.6 is 0 Å². The Kier molecular flexibility index (Phi) is 3.72. The van der Waals surface area contributed by atoms with Crippen LogP contribution in [0.15, 0.2) is 34.6 Å². The number of carbonyl (C=O) groups excluding carboxylic acids is 2. The number of nitrogens with one attached hydrogen (secondary N) is 1. The molecule has 3 aliphatic rings. The first-order chi connectivity index (χ1) is 12.0. The van der Waals surface area contributed by atoms with Crippen molar-refractivity contribution in [2.45, 2.75) is 37.9 Å². The second-order valence-electron chi connectivity index (χ2n) is 6.55. The molecule has 3 heterocycles. The first kappa shape index (κ1) is 16.0. The Bertz CT molecular complexity index is 713. The third-order valence-electron chi connectivity index (χ3n) is 5.15. The Morgan fingerprint density at radius 3 is 3.00 bits per heavy atom. The van der Waals surface area contributed by atoms with Gasteiger partial charge >= 0.3 is 12.1 Å². The Morgan fingerprint density at radius 2 is 2.28 bits per heavy atom. The maximum atomic E-state index is 12.5. The minimum atomic E-state index is -0.802. The molecule has 1 aromatic heterocycles. The zero-order chi connectivity index (χ0) is 17.6. The van der Waals surface area contributed by atoms with Gasteiger partial charge in [0.1, 0.15) is 18.0 Å². The fourth-order valence-corrected chi connectivity index (χ4v) is 3.80. The molecule has 0 radical (unpaired) electrons. The van der Waals surface area contributed by atoms with Crippen LogP contribution in [0.25, 0.3) is 0 Å². The Balaban J connectivity index is 1.50. The van der Waals surface area contributed by atoms with Crippen molar-refractivity contribution in [3.05, 3.63) is 36.0 Å². The smallest absolute Gasteiger partial charge is 0.409 e. The van der Waals surface area contributed by atoms with Crippen LogP contribution in [0.4, 0.5) is 4.79 Å². The summed E-state index contributed by atoms with van der Waals surface area (Å²) in [6.07, 6.45) is 2.16. The van der Waals surface area contributed by atoms with E-state index in [2.05, 4.69) is 5.32 Å². The molecular formula is C17H19NO7. The maximum absolute atomic E-state index is 12.5.